The molecule has 4 heteroatoms. The van der Waals surface area contributed by atoms with Crippen molar-refractivity contribution >= 4 is 0 Å². The van der Waals surface area contributed by atoms with Gasteiger partial charge in [-0.3, -0.25) is 0 Å². The van der Waals surface area contributed by atoms with Crippen molar-refractivity contribution in [2.24, 2.45) is 11.8 Å². The molecule has 84 valence electrons. The third-order valence-corrected chi connectivity index (χ3v) is 3.55. The molecule has 4 nitrogen and oxygen atoms in total. The van der Waals surface area contributed by atoms with Crippen LogP contribution in [0.3, 0.4) is 0 Å². The summed E-state index contributed by atoms with van der Waals surface area (Å²) in [5.41, 5.74) is 0.0429. The SMILES string of the molecule is CC.Cc1noc(C23NCCC2[C@@H]3C)n1. The second-order valence-electron chi connectivity index (χ2n) is 4.13. The minimum Gasteiger partial charge on any atom is -0.337 e. The molecule has 3 rings (SSSR count). The van der Waals surface area contributed by atoms with E-state index in [0.29, 0.717) is 11.8 Å². The van der Waals surface area contributed by atoms with Gasteiger partial charge in [0.15, 0.2) is 5.82 Å². The van der Waals surface area contributed by atoms with Gasteiger partial charge in [-0.25, -0.2) is 0 Å². The molecule has 1 aliphatic heterocycles. The van der Waals surface area contributed by atoms with Gasteiger partial charge in [-0.1, -0.05) is 25.9 Å². The van der Waals surface area contributed by atoms with Crippen LogP contribution in [0.5, 0.6) is 0 Å². The lowest BCUT2D eigenvalue weighted by molar-refractivity contribution is 0.315. The Morgan fingerprint density at radius 1 is 1.47 bits per heavy atom. The van der Waals surface area contributed by atoms with Gasteiger partial charge in [0.2, 0.25) is 5.89 Å². The number of nitrogens with one attached hydrogen (secondary N) is 1. The molecular formula is C11H19N3O. The molecule has 0 spiro atoms. The number of piperidine rings is 1. The summed E-state index contributed by atoms with van der Waals surface area (Å²) >= 11 is 0. The molecule has 0 amide bonds. The van der Waals surface area contributed by atoms with E-state index in [1.165, 1.54) is 6.42 Å². The van der Waals surface area contributed by atoms with Gasteiger partial charge in [0.05, 0.1) is 0 Å². The van der Waals surface area contributed by atoms with Crippen LogP contribution in [0.4, 0.5) is 0 Å². The lowest BCUT2D eigenvalue weighted by Crippen LogP contribution is -2.28. The lowest BCUT2D eigenvalue weighted by Gasteiger charge is -2.08. The first kappa shape index (κ1) is 10.6. The highest BCUT2D eigenvalue weighted by Gasteiger charge is 2.68. The third kappa shape index (κ3) is 1.31. The van der Waals surface area contributed by atoms with E-state index >= 15 is 0 Å². The average molecular weight is 209 g/mol. The Kier molecular flexibility index (Phi) is 2.54. The van der Waals surface area contributed by atoms with E-state index in [1.807, 2.05) is 20.8 Å². The molecule has 1 saturated carbocycles. The molecule has 0 aromatic carbocycles. The van der Waals surface area contributed by atoms with Gasteiger partial charge in [-0.05, 0) is 31.7 Å². The van der Waals surface area contributed by atoms with Crippen LogP contribution in [-0.4, -0.2) is 16.7 Å². The molecular weight excluding hydrogens is 190 g/mol. The minimum atomic E-state index is 0.0429. The zero-order chi connectivity index (χ0) is 11.1. The van der Waals surface area contributed by atoms with Crippen molar-refractivity contribution in [2.75, 3.05) is 6.54 Å². The van der Waals surface area contributed by atoms with Crippen LogP contribution in [0.2, 0.25) is 0 Å². The molecule has 2 unspecified atom stereocenters. The normalized spacial score (nSPS) is 36.8. The first-order chi connectivity index (χ1) is 7.25. The highest BCUT2D eigenvalue weighted by atomic mass is 16.5. The molecule has 0 radical (unpaired) electrons. The number of hydrogen-bond donors (Lipinski definition) is 1. The van der Waals surface area contributed by atoms with E-state index in [4.69, 9.17) is 4.52 Å². The molecule has 15 heavy (non-hydrogen) atoms. The molecule has 1 aromatic heterocycles. The van der Waals surface area contributed by atoms with Gasteiger partial charge in [-0.2, -0.15) is 4.98 Å². The molecule has 2 aliphatic rings. The van der Waals surface area contributed by atoms with Gasteiger partial charge < -0.3 is 9.84 Å². The number of aryl methyl sites for hydroxylation is 1. The molecule has 1 saturated heterocycles. The van der Waals surface area contributed by atoms with Crippen LogP contribution in [0.15, 0.2) is 4.52 Å². The predicted octanol–water partition coefficient (Wildman–Crippen LogP) is 1.86. The van der Waals surface area contributed by atoms with Crippen LogP contribution in [0.25, 0.3) is 0 Å². The van der Waals surface area contributed by atoms with Crippen molar-refractivity contribution in [2.45, 2.75) is 39.7 Å². The van der Waals surface area contributed by atoms with Gasteiger partial charge in [0.25, 0.3) is 0 Å². The minimum absolute atomic E-state index is 0.0429. The first-order valence-corrected chi connectivity index (χ1v) is 5.81. The van der Waals surface area contributed by atoms with E-state index in [2.05, 4.69) is 22.4 Å². The van der Waals surface area contributed by atoms with Crippen LogP contribution in [0.1, 0.15) is 38.9 Å². The van der Waals surface area contributed by atoms with Crippen molar-refractivity contribution in [1.29, 1.82) is 0 Å². The second kappa shape index (κ2) is 3.59. The van der Waals surface area contributed by atoms with E-state index < -0.39 is 0 Å². The smallest absolute Gasteiger partial charge is 0.247 e. The maximum Gasteiger partial charge on any atom is 0.247 e. The zero-order valence-corrected chi connectivity index (χ0v) is 9.87. The maximum absolute atomic E-state index is 5.24. The molecule has 0 bridgehead atoms. The summed E-state index contributed by atoms with van der Waals surface area (Å²) < 4.78 is 5.24. The topological polar surface area (TPSA) is 51.0 Å². The number of rotatable bonds is 1. The summed E-state index contributed by atoms with van der Waals surface area (Å²) in [6, 6.07) is 0. The second-order valence-corrected chi connectivity index (χ2v) is 4.13. The monoisotopic (exact) mass is 209 g/mol. The summed E-state index contributed by atoms with van der Waals surface area (Å²) in [5.74, 6) is 2.89. The Labute approximate surface area is 90.4 Å². The van der Waals surface area contributed by atoms with Crippen LogP contribution < -0.4 is 5.32 Å². The molecule has 2 heterocycles. The van der Waals surface area contributed by atoms with E-state index in [1.54, 1.807) is 0 Å². The first-order valence-electron chi connectivity index (χ1n) is 5.81. The van der Waals surface area contributed by atoms with Gasteiger partial charge in [0, 0.05) is 0 Å². The summed E-state index contributed by atoms with van der Waals surface area (Å²) in [6.45, 7) is 9.19. The summed E-state index contributed by atoms with van der Waals surface area (Å²) in [7, 11) is 0. The van der Waals surface area contributed by atoms with Gasteiger partial charge in [-0.15, -0.1) is 0 Å². The van der Waals surface area contributed by atoms with Crippen LogP contribution in [0, 0.1) is 18.8 Å². The predicted molar refractivity (Wildman–Crippen MR) is 57.3 cm³/mol. The summed E-state index contributed by atoms with van der Waals surface area (Å²) in [5, 5.41) is 7.33. The summed E-state index contributed by atoms with van der Waals surface area (Å²) in [4.78, 5) is 4.32. The van der Waals surface area contributed by atoms with Crippen LogP contribution in [-0.2, 0) is 5.54 Å². The van der Waals surface area contributed by atoms with Crippen LogP contribution >= 0.6 is 0 Å². The Balaban J connectivity index is 0.000000404. The van der Waals surface area contributed by atoms with Crippen molar-refractivity contribution in [3.63, 3.8) is 0 Å². The number of hydrogen-bond acceptors (Lipinski definition) is 4. The van der Waals surface area contributed by atoms with Crippen molar-refractivity contribution in [3.8, 4) is 0 Å². The van der Waals surface area contributed by atoms with Crippen molar-refractivity contribution in [3.05, 3.63) is 11.7 Å². The molecule has 1 aliphatic carbocycles. The van der Waals surface area contributed by atoms with E-state index in [0.717, 1.165) is 18.3 Å². The molecule has 1 N–H and O–H groups in total. The number of aromatic nitrogens is 2. The number of nitrogens with zero attached hydrogens (tertiary/aromatic N) is 2. The average Bonchev–Trinajstić information content (AvgIpc) is 2.72. The molecule has 2 fully saturated rings. The third-order valence-electron chi connectivity index (χ3n) is 3.55. The molecule has 1 aromatic rings. The zero-order valence-electron chi connectivity index (χ0n) is 9.87. The standard InChI is InChI=1S/C9H13N3O.C2H6/c1-5-7-3-4-10-9(5,7)8-11-6(2)12-13-8;1-2/h5,7,10H,3-4H2,1-2H3;1-2H3/t5-,7?,9?;/m0./s1. The maximum atomic E-state index is 5.24. The Bertz CT molecular complexity index is 349. The Morgan fingerprint density at radius 2 is 2.20 bits per heavy atom. The number of fused-ring (bicyclic) bond motifs is 1. The highest BCUT2D eigenvalue weighted by molar-refractivity contribution is 5.26. The largest absolute Gasteiger partial charge is 0.337 e. The fraction of sp³-hybridized carbons (Fsp3) is 0.818. The van der Waals surface area contributed by atoms with E-state index in [-0.39, 0.29) is 5.54 Å². The van der Waals surface area contributed by atoms with Crippen molar-refractivity contribution < 1.29 is 4.52 Å². The van der Waals surface area contributed by atoms with Gasteiger partial charge in [0.1, 0.15) is 5.54 Å². The molecule has 3 atom stereocenters. The highest BCUT2D eigenvalue weighted by Crippen LogP contribution is 2.61. The van der Waals surface area contributed by atoms with Crippen molar-refractivity contribution in [1.82, 2.24) is 15.5 Å². The lowest BCUT2D eigenvalue weighted by atomic mass is 10.2. The van der Waals surface area contributed by atoms with E-state index in [9.17, 15) is 0 Å². The Hall–Kier alpha value is -0.900. The summed E-state index contributed by atoms with van der Waals surface area (Å²) in [6.07, 6.45) is 1.24. The fourth-order valence-corrected chi connectivity index (χ4v) is 2.75. The Morgan fingerprint density at radius 3 is 2.67 bits per heavy atom. The fourth-order valence-electron chi connectivity index (χ4n) is 2.75. The quantitative estimate of drug-likeness (QED) is 0.767. The van der Waals surface area contributed by atoms with Gasteiger partial charge >= 0.3 is 0 Å².